The fraction of sp³-hybridized carbons (Fsp3) is 0.929. The summed E-state index contributed by atoms with van der Waals surface area (Å²) in [6, 6.07) is 0.659. The normalized spacial score (nSPS) is 29.1. The van der Waals surface area contributed by atoms with Crippen LogP contribution in [0.5, 0.6) is 0 Å². The Morgan fingerprint density at radius 3 is 2.83 bits per heavy atom. The van der Waals surface area contributed by atoms with Crippen molar-refractivity contribution in [2.75, 3.05) is 32.7 Å². The molecular formula is C14H27N3O. The molecule has 2 heterocycles. The van der Waals surface area contributed by atoms with Gasteiger partial charge in [-0.05, 0) is 45.1 Å². The monoisotopic (exact) mass is 253 g/mol. The van der Waals surface area contributed by atoms with Gasteiger partial charge in [0.1, 0.15) is 0 Å². The predicted octanol–water partition coefficient (Wildman–Crippen LogP) is 1.91. The van der Waals surface area contributed by atoms with Crippen LogP contribution in [0.3, 0.4) is 0 Å². The number of piperidine rings is 2. The number of hydrogen-bond acceptors (Lipinski definition) is 2. The molecule has 0 radical (unpaired) electrons. The van der Waals surface area contributed by atoms with Gasteiger partial charge in [0.2, 0.25) is 0 Å². The van der Waals surface area contributed by atoms with Gasteiger partial charge in [-0.25, -0.2) is 4.79 Å². The molecular weight excluding hydrogens is 226 g/mol. The van der Waals surface area contributed by atoms with Gasteiger partial charge in [0.05, 0.1) is 0 Å². The van der Waals surface area contributed by atoms with Crippen LogP contribution in [0.2, 0.25) is 0 Å². The highest BCUT2D eigenvalue weighted by atomic mass is 16.2. The number of likely N-dealkylation sites (N-methyl/N-ethyl adjacent to an activating group) is 1. The maximum Gasteiger partial charge on any atom is 0.320 e. The largest absolute Gasteiger partial charge is 0.324 e. The maximum absolute atomic E-state index is 12.6. The van der Waals surface area contributed by atoms with Crippen LogP contribution < -0.4 is 5.32 Å². The van der Waals surface area contributed by atoms with Crippen LogP contribution in [-0.2, 0) is 0 Å². The van der Waals surface area contributed by atoms with Gasteiger partial charge in [0.15, 0.2) is 0 Å². The Kier molecular flexibility index (Phi) is 4.87. The molecule has 104 valence electrons. The number of carbonyl (C=O) groups is 1. The van der Waals surface area contributed by atoms with E-state index >= 15 is 0 Å². The summed E-state index contributed by atoms with van der Waals surface area (Å²) in [5.41, 5.74) is 0. The van der Waals surface area contributed by atoms with E-state index in [9.17, 15) is 4.79 Å². The molecule has 4 nitrogen and oxygen atoms in total. The molecule has 4 heteroatoms. The van der Waals surface area contributed by atoms with Crippen molar-refractivity contribution in [1.82, 2.24) is 15.1 Å². The van der Waals surface area contributed by atoms with Crippen LogP contribution in [0.1, 0.15) is 39.5 Å². The van der Waals surface area contributed by atoms with E-state index in [2.05, 4.69) is 29.0 Å². The molecule has 0 spiro atoms. The van der Waals surface area contributed by atoms with Gasteiger partial charge >= 0.3 is 6.03 Å². The van der Waals surface area contributed by atoms with Gasteiger partial charge in [-0.2, -0.15) is 0 Å². The number of hydrogen-bond donors (Lipinski definition) is 1. The first-order chi connectivity index (χ1) is 8.72. The summed E-state index contributed by atoms with van der Waals surface area (Å²) in [5.74, 6) is 0.658. The minimum Gasteiger partial charge on any atom is -0.324 e. The third-order valence-corrected chi connectivity index (χ3v) is 4.23. The van der Waals surface area contributed by atoms with Crippen molar-refractivity contribution in [3.63, 3.8) is 0 Å². The Balaban J connectivity index is 1.95. The molecule has 0 aliphatic carbocycles. The molecule has 2 atom stereocenters. The fourth-order valence-electron chi connectivity index (χ4n) is 3.19. The second kappa shape index (κ2) is 6.41. The summed E-state index contributed by atoms with van der Waals surface area (Å²) >= 11 is 0. The third-order valence-electron chi connectivity index (χ3n) is 4.23. The molecule has 0 saturated carbocycles. The Hall–Kier alpha value is -0.770. The molecule has 0 aromatic heterocycles. The summed E-state index contributed by atoms with van der Waals surface area (Å²) in [7, 11) is 0. The van der Waals surface area contributed by atoms with Gasteiger partial charge in [0, 0.05) is 32.2 Å². The van der Waals surface area contributed by atoms with Gasteiger partial charge in [-0.15, -0.1) is 0 Å². The zero-order chi connectivity index (χ0) is 13.0. The average Bonchev–Trinajstić information content (AvgIpc) is 2.41. The highest BCUT2D eigenvalue weighted by Crippen LogP contribution is 2.19. The predicted molar refractivity (Wildman–Crippen MR) is 73.6 cm³/mol. The SMILES string of the molecule is CCN(C(=O)N1CCCC(C)C1)C1CCCNC1. The molecule has 18 heavy (non-hydrogen) atoms. The van der Waals surface area contributed by atoms with Crippen molar-refractivity contribution in [2.45, 2.75) is 45.6 Å². The zero-order valence-corrected chi connectivity index (χ0v) is 11.8. The van der Waals surface area contributed by atoms with E-state index in [0.717, 1.165) is 45.6 Å². The van der Waals surface area contributed by atoms with Crippen molar-refractivity contribution >= 4 is 6.03 Å². The smallest absolute Gasteiger partial charge is 0.320 e. The molecule has 2 unspecified atom stereocenters. The second-order valence-electron chi connectivity index (χ2n) is 5.76. The van der Waals surface area contributed by atoms with Crippen LogP contribution in [0, 0.1) is 5.92 Å². The molecule has 2 fully saturated rings. The quantitative estimate of drug-likeness (QED) is 0.816. The first kappa shape index (κ1) is 13.7. The van der Waals surface area contributed by atoms with Crippen molar-refractivity contribution in [3.8, 4) is 0 Å². The molecule has 0 aromatic rings. The van der Waals surface area contributed by atoms with Crippen molar-refractivity contribution in [1.29, 1.82) is 0 Å². The van der Waals surface area contributed by atoms with Crippen LogP contribution in [0.4, 0.5) is 4.79 Å². The van der Waals surface area contributed by atoms with Crippen molar-refractivity contribution in [3.05, 3.63) is 0 Å². The standard InChI is InChI=1S/C14H27N3O/c1-3-17(13-7-4-8-15-10-13)14(18)16-9-5-6-12(2)11-16/h12-13,15H,3-11H2,1-2H3. The van der Waals surface area contributed by atoms with E-state index in [0.29, 0.717) is 12.0 Å². The lowest BCUT2D eigenvalue weighted by Crippen LogP contribution is -2.54. The fourth-order valence-corrected chi connectivity index (χ4v) is 3.19. The topological polar surface area (TPSA) is 35.6 Å². The maximum atomic E-state index is 12.6. The Morgan fingerprint density at radius 1 is 1.39 bits per heavy atom. The summed E-state index contributed by atoms with van der Waals surface area (Å²) in [5, 5.41) is 3.40. The molecule has 1 N–H and O–H groups in total. The molecule has 2 aliphatic heterocycles. The first-order valence-corrected chi connectivity index (χ1v) is 7.48. The van der Waals surface area contributed by atoms with Crippen molar-refractivity contribution < 1.29 is 4.79 Å². The molecule has 2 amide bonds. The Bertz CT molecular complexity index is 276. The minimum absolute atomic E-state index is 0.262. The van der Waals surface area contributed by atoms with Gasteiger partial charge in [0.25, 0.3) is 0 Å². The van der Waals surface area contributed by atoms with E-state index in [1.165, 1.54) is 12.8 Å². The van der Waals surface area contributed by atoms with E-state index in [1.54, 1.807) is 0 Å². The van der Waals surface area contributed by atoms with Gasteiger partial charge in [-0.3, -0.25) is 0 Å². The van der Waals surface area contributed by atoms with E-state index in [1.807, 2.05) is 0 Å². The van der Waals surface area contributed by atoms with E-state index in [-0.39, 0.29) is 6.03 Å². The number of carbonyl (C=O) groups excluding carboxylic acids is 1. The number of urea groups is 1. The summed E-state index contributed by atoms with van der Waals surface area (Å²) < 4.78 is 0. The lowest BCUT2D eigenvalue weighted by Gasteiger charge is -2.40. The lowest BCUT2D eigenvalue weighted by molar-refractivity contribution is 0.110. The Labute approximate surface area is 111 Å². The molecule has 0 aromatic carbocycles. The second-order valence-corrected chi connectivity index (χ2v) is 5.76. The molecule has 0 bridgehead atoms. The van der Waals surface area contributed by atoms with Crippen LogP contribution in [-0.4, -0.2) is 54.6 Å². The summed E-state index contributed by atoms with van der Waals surface area (Å²) in [6.07, 6.45) is 4.76. The molecule has 2 rings (SSSR count). The van der Waals surface area contributed by atoms with Crippen LogP contribution in [0.25, 0.3) is 0 Å². The number of rotatable bonds is 2. The number of nitrogens with one attached hydrogen (secondary N) is 1. The highest BCUT2D eigenvalue weighted by molar-refractivity contribution is 5.75. The third kappa shape index (κ3) is 3.16. The minimum atomic E-state index is 0.262. The first-order valence-electron chi connectivity index (χ1n) is 7.48. The highest BCUT2D eigenvalue weighted by Gasteiger charge is 2.29. The number of amides is 2. The van der Waals surface area contributed by atoms with Gasteiger partial charge in [-0.1, -0.05) is 6.92 Å². The van der Waals surface area contributed by atoms with Gasteiger partial charge < -0.3 is 15.1 Å². The average molecular weight is 253 g/mol. The van der Waals surface area contributed by atoms with E-state index < -0.39 is 0 Å². The summed E-state index contributed by atoms with van der Waals surface area (Å²) in [6.45, 7) is 9.12. The van der Waals surface area contributed by atoms with E-state index in [4.69, 9.17) is 0 Å². The van der Waals surface area contributed by atoms with Crippen molar-refractivity contribution in [2.24, 2.45) is 5.92 Å². The lowest BCUT2D eigenvalue weighted by atomic mass is 10.0. The molecule has 2 saturated heterocycles. The molecule has 2 aliphatic rings. The van der Waals surface area contributed by atoms with Crippen LogP contribution in [0.15, 0.2) is 0 Å². The number of likely N-dealkylation sites (tertiary alicyclic amines) is 1. The Morgan fingerprint density at radius 2 is 2.22 bits per heavy atom. The number of nitrogens with zero attached hydrogens (tertiary/aromatic N) is 2. The summed E-state index contributed by atoms with van der Waals surface area (Å²) in [4.78, 5) is 16.7. The zero-order valence-electron chi connectivity index (χ0n) is 11.8. The van der Waals surface area contributed by atoms with Crippen LogP contribution >= 0.6 is 0 Å².